The molecule has 3 nitrogen and oxygen atoms in total. The number of ether oxygens (including phenoxy) is 1. The molecule has 2 atom stereocenters. The van der Waals surface area contributed by atoms with E-state index in [4.69, 9.17) is 27.9 Å². The molecule has 1 aromatic rings. The number of morpholine rings is 1. The third-order valence-corrected chi connectivity index (χ3v) is 3.85. The predicted molar refractivity (Wildman–Crippen MR) is 75.5 cm³/mol. The van der Waals surface area contributed by atoms with Crippen LogP contribution < -0.4 is 5.32 Å². The fraction of sp³-hybridized carbons (Fsp3) is 0.538. The highest BCUT2D eigenvalue weighted by molar-refractivity contribution is 6.33. The molecule has 1 aliphatic heterocycles. The molecule has 0 spiro atoms. The topological polar surface area (TPSA) is 24.5 Å². The van der Waals surface area contributed by atoms with Crippen molar-refractivity contribution in [2.75, 3.05) is 33.8 Å². The van der Waals surface area contributed by atoms with E-state index in [1.54, 1.807) is 6.07 Å². The summed E-state index contributed by atoms with van der Waals surface area (Å²) in [6.07, 6.45) is 0.0877. The second kappa shape index (κ2) is 6.22. The Morgan fingerprint density at radius 1 is 1.44 bits per heavy atom. The molecule has 5 heteroatoms. The average molecular weight is 289 g/mol. The van der Waals surface area contributed by atoms with Crippen LogP contribution in [0.25, 0.3) is 0 Å². The first kappa shape index (κ1) is 14.1. The largest absolute Gasteiger partial charge is 0.374 e. The van der Waals surface area contributed by atoms with Gasteiger partial charge in [-0.05, 0) is 37.9 Å². The van der Waals surface area contributed by atoms with E-state index >= 15 is 0 Å². The number of halogens is 2. The molecule has 1 N–H and O–H groups in total. The van der Waals surface area contributed by atoms with Crippen molar-refractivity contribution < 1.29 is 4.74 Å². The van der Waals surface area contributed by atoms with Gasteiger partial charge in [-0.1, -0.05) is 23.2 Å². The van der Waals surface area contributed by atoms with Crippen LogP contribution in [0.2, 0.25) is 10.0 Å². The molecule has 0 aromatic heterocycles. The van der Waals surface area contributed by atoms with E-state index in [9.17, 15) is 0 Å². The van der Waals surface area contributed by atoms with Gasteiger partial charge >= 0.3 is 0 Å². The minimum atomic E-state index is 0.0546. The molecule has 100 valence electrons. The maximum Gasteiger partial charge on any atom is 0.0897 e. The highest BCUT2D eigenvalue weighted by Gasteiger charge is 2.28. The van der Waals surface area contributed by atoms with E-state index in [0.29, 0.717) is 5.02 Å². The van der Waals surface area contributed by atoms with Gasteiger partial charge in [0.1, 0.15) is 0 Å². The maximum absolute atomic E-state index is 6.26. The summed E-state index contributed by atoms with van der Waals surface area (Å²) < 4.78 is 5.84. The molecule has 0 amide bonds. The van der Waals surface area contributed by atoms with E-state index in [1.165, 1.54) is 0 Å². The monoisotopic (exact) mass is 288 g/mol. The number of likely N-dealkylation sites (N-methyl/N-ethyl adjacent to an activating group) is 2. The zero-order valence-corrected chi connectivity index (χ0v) is 12.1. The summed E-state index contributed by atoms with van der Waals surface area (Å²) in [5.74, 6) is 0. The van der Waals surface area contributed by atoms with E-state index in [-0.39, 0.29) is 12.1 Å². The number of nitrogens with zero attached hydrogens (tertiary/aromatic N) is 1. The van der Waals surface area contributed by atoms with Gasteiger partial charge < -0.3 is 15.0 Å². The van der Waals surface area contributed by atoms with Gasteiger partial charge in [0.05, 0.1) is 18.8 Å². The highest BCUT2D eigenvalue weighted by atomic mass is 35.5. The van der Waals surface area contributed by atoms with Gasteiger partial charge in [-0.3, -0.25) is 0 Å². The summed E-state index contributed by atoms with van der Waals surface area (Å²) in [6.45, 7) is 2.60. The Hall–Kier alpha value is -0.320. The SMILES string of the molecule is CNC(c1cc(Cl)ccc1Cl)C1CN(C)CCO1. The Morgan fingerprint density at radius 2 is 2.22 bits per heavy atom. The number of rotatable bonds is 3. The standard InChI is InChI=1S/C13H18Cl2N2O/c1-16-13(12-8-17(2)5-6-18-12)10-7-9(14)3-4-11(10)15/h3-4,7,12-13,16H,5-6,8H2,1-2H3. The van der Waals surface area contributed by atoms with Crippen LogP contribution in [0.3, 0.4) is 0 Å². The van der Waals surface area contributed by atoms with Crippen LogP contribution in [0, 0.1) is 0 Å². The summed E-state index contributed by atoms with van der Waals surface area (Å²) in [7, 11) is 4.02. The van der Waals surface area contributed by atoms with Crippen molar-refractivity contribution in [1.29, 1.82) is 0 Å². The lowest BCUT2D eigenvalue weighted by Gasteiger charge is -2.35. The van der Waals surface area contributed by atoms with Crippen molar-refractivity contribution in [3.63, 3.8) is 0 Å². The molecule has 0 aliphatic carbocycles. The van der Waals surface area contributed by atoms with Gasteiger partial charge in [-0.2, -0.15) is 0 Å². The zero-order valence-electron chi connectivity index (χ0n) is 10.6. The second-order valence-corrected chi connectivity index (χ2v) is 5.45. The molecule has 2 unspecified atom stereocenters. The molecule has 0 saturated carbocycles. The van der Waals surface area contributed by atoms with Crippen molar-refractivity contribution >= 4 is 23.2 Å². The molecule has 1 aromatic carbocycles. The number of hydrogen-bond donors (Lipinski definition) is 1. The normalized spacial score (nSPS) is 23.0. The fourth-order valence-corrected chi connectivity index (χ4v) is 2.72. The van der Waals surface area contributed by atoms with E-state index < -0.39 is 0 Å². The van der Waals surface area contributed by atoms with Gasteiger partial charge in [-0.15, -0.1) is 0 Å². The van der Waals surface area contributed by atoms with Crippen LogP contribution in [0.15, 0.2) is 18.2 Å². The summed E-state index contributed by atoms with van der Waals surface area (Å²) in [5, 5.41) is 4.69. The van der Waals surface area contributed by atoms with Gasteiger partial charge in [0.15, 0.2) is 0 Å². The Bertz CT molecular complexity index is 414. The van der Waals surface area contributed by atoms with E-state index in [2.05, 4.69) is 17.3 Å². The van der Waals surface area contributed by atoms with E-state index in [0.717, 1.165) is 30.3 Å². The molecule has 2 rings (SSSR count). The summed E-state index contributed by atoms with van der Waals surface area (Å²) in [5.41, 5.74) is 0.993. The molecule has 18 heavy (non-hydrogen) atoms. The second-order valence-electron chi connectivity index (χ2n) is 4.60. The maximum atomic E-state index is 6.26. The Kier molecular flexibility index (Phi) is 4.87. The van der Waals surface area contributed by atoms with Gasteiger partial charge in [0.25, 0.3) is 0 Å². The lowest BCUT2D eigenvalue weighted by molar-refractivity contribution is -0.0380. The Morgan fingerprint density at radius 3 is 2.89 bits per heavy atom. The molecule has 1 saturated heterocycles. The first-order valence-electron chi connectivity index (χ1n) is 6.04. The molecular weight excluding hydrogens is 271 g/mol. The molecule has 0 radical (unpaired) electrons. The smallest absolute Gasteiger partial charge is 0.0897 e. The van der Waals surface area contributed by atoms with Crippen LogP contribution >= 0.6 is 23.2 Å². The minimum absolute atomic E-state index is 0.0546. The summed E-state index contributed by atoms with van der Waals surface area (Å²) in [4.78, 5) is 2.26. The molecule has 1 aliphatic rings. The molecule has 1 heterocycles. The third-order valence-electron chi connectivity index (χ3n) is 3.27. The van der Waals surface area contributed by atoms with Crippen LogP contribution in [-0.2, 0) is 4.74 Å². The van der Waals surface area contributed by atoms with Crippen molar-refractivity contribution in [3.8, 4) is 0 Å². The number of nitrogens with one attached hydrogen (secondary N) is 1. The number of benzene rings is 1. The lowest BCUT2D eigenvalue weighted by atomic mass is 10.00. The third kappa shape index (κ3) is 3.16. The van der Waals surface area contributed by atoms with Crippen molar-refractivity contribution in [2.45, 2.75) is 12.1 Å². The van der Waals surface area contributed by atoms with Crippen LogP contribution in [0.1, 0.15) is 11.6 Å². The zero-order chi connectivity index (χ0) is 13.1. The molecular formula is C13H18Cl2N2O. The fourth-order valence-electron chi connectivity index (χ4n) is 2.31. The Balaban J connectivity index is 2.24. The Labute approximate surface area is 118 Å². The van der Waals surface area contributed by atoms with Gasteiger partial charge in [0.2, 0.25) is 0 Å². The quantitative estimate of drug-likeness (QED) is 0.925. The van der Waals surface area contributed by atoms with Crippen molar-refractivity contribution in [1.82, 2.24) is 10.2 Å². The van der Waals surface area contributed by atoms with Crippen LogP contribution in [0.4, 0.5) is 0 Å². The van der Waals surface area contributed by atoms with Gasteiger partial charge in [-0.25, -0.2) is 0 Å². The molecule has 1 fully saturated rings. The van der Waals surface area contributed by atoms with Gasteiger partial charge in [0, 0.05) is 23.1 Å². The van der Waals surface area contributed by atoms with Crippen molar-refractivity contribution in [2.24, 2.45) is 0 Å². The van der Waals surface area contributed by atoms with E-state index in [1.807, 2.05) is 19.2 Å². The lowest BCUT2D eigenvalue weighted by Crippen LogP contribution is -2.46. The number of hydrogen-bond acceptors (Lipinski definition) is 3. The van der Waals surface area contributed by atoms with Crippen LogP contribution in [0.5, 0.6) is 0 Å². The minimum Gasteiger partial charge on any atom is -0.374 e. The summed E-state index contributed by atoms with van der Waals surface area (Å²) in [6, 6.07) is 5.59. The predicted octanol–water partition coefficient (Wildman–Crippen LogP) is 2.58. The van der Waals surface area contributed by atoms with Crippen molar-refractivity contribution in [3.05, 3.63) is 33.8 Å². The first-order valence-corrected chi connectivity index (χ1v) is 6.79. The average Bonchev–Trinajstić information content (AvgIpc) is 2.35. The molecule has 0 bridgehead atoms. The van der Waals surface area contributed by atoms with Crippen LogP contribution in [-0.4, -0.2) is 44.8 Å². The summed E-state index contributed by atoms with van der Waals surface area (Å²) >= 11 is 12.3. The first-order chi connectivity index (χ1) is 8.61. The highest BCUT2D eigenvalue weighted by Crippen LogP contribution is 2.30.